The molecule has 0 aliphatic carbocycles. The Morgan fingerprint density at radius 1 is 1.55 bits per heavy atom. The van der Waals surface area contributed by atoms with Crippen molar-refractivity contribution >= 4 is 11.9 Å². The van der Waals surface area contributed by atoms with Crippen LogP contribution in [0, 0.1) is 0 Å². The number of nitrogens with one attached hydrogen (secondary N) is 1. The molecule has 0 spiro atoms. The van der Waals surface area contributed by atoms with E-state index in [0.717, 1.165) is 12.8 Å². The molecule has 2 heterocycles. The largest absolute Gasteiger partial charge is 0.480 e. The molecule has 6 heteroatoms. The number of carboxylic acids is 1. The summed E-state index contributed by atoms with van der Waals surface area (Å²) in [4.78, 5) is 25.1. The van der Waals surface area contributed by atoms with Crippen molar-refractivity contribution in [3.8, 4) is 0 Å². The second kappa shape index (κ2) is 6.56. The van der Waals surface area contributed by atoms with E-state index in [9.17, 15) is 14.7 Å². The number of likely N-dealkylation sites (tertiary alicyclic amines) is 1. The zero-order valence-electron chi connectivity index (χ0n) is 11.5. The maximum Gasteiger partial charge on any atom is 0.320 e. The van der Waals surface area contributed by atoms with Gasteiger partial charge in [-0.1, -0.05) is 6.42 Å². The normalized spacial score (nSPS) is 21.4. The Kier molecular flexibility index (Phi) is 4.79. The van der Waals surface area contributed by atoms with Crippen LogP contribution in [0.25, 0.3) is 0 Å². The van der Waals surface area contributed by atoms with Gasteiger partial charge in [-0.15, -0.1) is 0 Å². The highest BCUT2D eigenvalue weighted by Gasteiger charge is 2.34. The molecular formula is C14H20N2O4. The smallest absolute Gasteiger partial charge is 0.320 e. The van der Waals surface area contributed by atoms with Gasteiger partial charge in [-0.3, -0.25) is 14.5 Å². The van der Waals surface area contributed by atoms with E-state index in [-0.39, 0.29) is 5.91 Å². The highest BCUT2D eigenvalue weighted by molar-refractivity contribution is 5.82. The summed E-state index contributed by atoms with van der Waals surface area (Å²) >= 11 is 0. The number of carbonyl (C=O) groups excluding carboxylic acids is 1. The van der Waals surface area contributed by atoms with Crippen molar-refractivity contribution in [1.82, 2.24) is 10.2 Å². The lowest BCUT2D eigenvalue weighted by Gasteiger charge is -2.36. The molecule has 2 N–H and O–H groups in total. The summed E-state index contributed by atoms with van der Waals surface area (Å²) in [6.45, 7) is 2.72. The van der Waals surface area contributed by atoms with E-state index < -0.39 is 18.1 Å². The van der Waals surface area contributed by atoms with Gasteiger partial charge in [-0.05, 0) is 38.4 Å². The summed E-state index contributed by atoms with van der Waals surface area (Å²) in [5, 5.41) is 12.0. The van der Waals surface area contributed by atoms with Crippen LogP contribution < -0.4 is 5.32 Å². The molecule has 20 heavy (non-hydrogen) atoms. The third-order valence-electron chi connectivity index (χ3n) is 3.72. The summed E-state index contributed by atoms with van der Waals surface area (Å²) < 4.78 is 5.15. The van der Waals surface area contributed by atoms with Crippen molar-refractivity contribution in [2.45, 2.75) is 44.8 Å². The predicted octanol–water partition coefficient (Wildman–Crippen LogP) is 1.22. The molecule has 110 valence electrons. The summed E-state index contributed by atoms with van der Waals surface area (Å²) in [6.07, 6.45) is 3.98. The first-order chi connectivity index (χ1) is 9.59. The number of amides is 1. The van der Waals surface area contributed by atoms with Crippen LogP contribution >= 0.6 is 0 Å². The molecule has 0 aromatic carbocycles. The van der Waals surface area contributed by atoms with Crippen LogP contribution in [0.2, 0.25) is 0 Å². The van der Waals surface area contributed by atoms with Crippen molar-refractivity contribution in [1.29, 1.82) is 0 Å². The number of piperidine rings is 1. The molecule has 1 aromatic rings. The van der Waals surface area contributed by atoms with E-state index in [1.165, 1.54) is 0 Å². The maximum atomic E-state index is 12.1. The number of rotatable bonds is 5. The van der Waals surface area contributed by atoms with Gasteiger partial charge in [0.15, 0.2) is 0 Å². The van der Waals surface area contributed by atoms with E-state index in [2.05, 4.69) is 5.32 Å². The van der Waals surface area contributed by atoms with Crippen LogP contribution in [-0.2, 0) is 16.1 Å². The Labute approximate surface area is 117 Å². The SMILES string of the molecule is CC(C(=O)NCc1ccco1)N1CCCCC1C(=O)O. The molecule has 0 saturated carbocycles. The fourth-order valence-corrected chi connectivity index (χ4v) is 2.57. The predicted molar refractivity (Wildman–Crippen MR) is 72.0 cm³/mol. The van der Waals surface area contributed by atoms with Crippen molar-refractivity contribution in [3.63, 3.8) is 0 Å². The molecule has 1 amide bonds. The molecule has 1 aromatic heterocycles. The molecule has 0 bridgehead atoms. The van der Waals surface area contributed by atoms with Gasteiger partial charge in [0, 0.05) is 0 Å². The van der Waals surface area contributed by atoms with Gasteiger partial charge < -0.3 is 14.8 Å². The van der Waals surface area contributed by atoms with Crippen LogP contribution in [0.5, 0.6) is 0 Å². The second-order valence-electron chi connectivity index (χ2n) is 5.06. The monoisotopic (exact) mass is 280 g/mol. The zero-order valence-corrected chi connectivity index (χ0v) is 11.5. The lowest BCUT2D eigenvalue weighted by molar-refractivity contribution is -0.147. The molecule has 6 nitrogen and oxygen atoms in total. The van der Waals surface area contributed by atoms with E-state index in [1.54, 1.807) is 30.2 Å². The molecule has 2 rings (SSSR count). The van der Waals surface area contributed by atoms with E-state index in [4.69, 9.17) is 4.42 Å². The number of nitrogens with zero attached hydrogens (tertiary/aromatic N) is 1. The number of furan rings is 1. The average molecular weight is 280 g/mol. The molecular weight excluding hydrogens is 260 g/mol. The van der Waals surface area contributed by atoms with Crippen LogP contribution in [0.1, 0.15) is 31.9 Å². The Morgan fingerprint density at radius 3 is 3.00 bits per heavy atom. The number of carbonyl (C=O) groups is 2. The quantitative estimate of drug-likeness (QED) is 0.847. The lowest BCUT2D eigenvalue weighted by Crippen LogP contribution is -2.54. The summed E-state index contributed by atoms with van der Waals surface area (Å²) in [6, 6.07) is 2.53. The van der Waals surface area contributed by atoms with Gasteiger partial charge in [-0.2, -0.15) is 0 Å². The third-order valence-corrected chi connectivity index (χ3v) is 3.72. The van der Waals surface area contributed by atoms with Crippen LogP contribution in [0.3, 0.4) is 0 Å². The average Bonchev–Trinajstić information content (AvgIpc) is 2.97. The summed E-state index contributed by atoms with van der Waals surface area (Å²) in [7, 11) is 0. The van der Waals surface area contributed by atoms with Crippen molar-refractivity contribution < 1.29 is 19.1 Å². The minimum absolute atomic E-state index is 0.172. The van der Waals surface area contributed by atoms with Gasteiger partial charge in [-0.25, -0.2) is 0 Å². The maximum absolute atomic E-state index is 12.1. The van der Waals surface area contributed by atoms with E-state index in [0.29, 0.717) is 25.3 Å². The Balaban J connectivity index is 1.92. The second-order valence-corrected chi connectivity index (χ2v) is 5.06. The fraction of sp³-hybridized carbons (Fsp3) is 0.571. The van der Waals surface area contributed by atoms with Crippen molar-refractivity contribution in [2.24, 2.45) is 0 Å². The lowest BCUT2D eigenvalue weighted by atomic mass is 10.00. The molecule has 1 fully saturated rings. The topological polar surface area (TPSA) is 82.8 Å². The van der Waals surface area contributed by atoms with Crippen LogP contribution in [0.15, 0.2) is 22.8 Å². The van der Waals surface area contributed by atoms with Crippen molar-refractivity contribution in [3.05, 3.63) is 24.2 Å². The zero-order chi connectivity index (χ0) is 14.5. The molecule has 2 unspecified atom stereocenters. The number of hydrogen-bond donors (Lipinski definition) is 2. The highest BCUT2D eigenvalue weighted by Crippen LogP contribution is 2.20. The van der Waals surface area contributed by atoms with Gasteiger partial charge in [0.25, 0.3) is 0 Å². The Morgan fingerprint density at radius 2 is 2.35 bits per heavy atom. The first-order valence-electron chi connectivity index (χ1n) is 6.88. The van der Waals surface area contributed by atoms with Gasteiger partial charge in [0.2, 0.25) is 5.91 Å². The molecule has 1 saturated heterocycles. The summed E-state index contributed by atoms with van der Waals surface area (Å²) in [5.41, 5.74) is 0. The first kappa shape index (κ1) is 14.6. The van der Waals surface area contributed by atoms with Gasteiger partial charge in [0.05, 0.1) is 18.8 Å². The van der Waals surface area contributed by atoms with Crippen molar-refractivity contribution in [2.75, 3.05) is 6.54 Å². The number of aliphatic carboxylic acids is 1. The first-order valence-corrected chi connectivity index (χ1v) is 6.88. The van der Waals surface area contributed by atoms with E-state index in [1.807, 2.05) is 0 Å². The standard InChI is InChI=1S/C14H20N2O4/c1-10(13(17)15-9-11-5-4-8-20-11)16-7-3-2-6-12(16)14(18)19/h4-5,8,10,12H,2-3,6-7,9H2,1H3,(H,15,17)(H,18,19). The minimum atomic E-state index is -0.851. The highest BCUT2D eigenvalue weighted by atomic mass is 16.4. The molecule has 2 atom stereocenters. The number of hydrogen-bond acceptors (Lipinski definition) is 4. The van der Waals surface area contributed by atoms with E-state index >= 15 is 0 Å². The van der Waals surface area contributed by atoms with Crippen LogP contribution in [0.4, 0.5) is 0 Å². The van der Waals surface area contributed by atoms with Gasteiger partial charge in [0.1, 0.15) is 11.8 Å². The van der Waals surface area contributed by atoms with Crippen LogP contribution in [-0.4, -0.2) is 40.5 Å². The minimum Gasteiger partial charge on any atom is -0.480 e. The van der Waals surface area contributed by atoms with Gasteiger partial charge >= 0.3 is 5.97 Å². The Bertz CT molecular complexity index is 458. The molecule has 1 aliphatic heterocycles. The molecule has 1 aliphatic rings. The summed E-state index contributed by atoms with van der Waals surface area (Å²) in [5.74, 6) is -0.344. The molecule has 0 radical (unpaired) electrons. The fourth-order valence-electron chi connectivity index (χ4n) is 2.57. The number of carboxylic acid groups (broad SMARTS) is 1. The Hall–Kier alpha value is -1.82. The third kappa shape index (κ3) is 3.39.